The molecule has 2 aromatic rings. The van der Waals surface area contributed by atoms with E-state index in [0.29, 0.717) is 0 Å². The molecule has 1 unspecified atom stereocenters. The molecule has 0 bridgehead atoms. The maximum absolute atomic E-state index is 6.00. The van der Waals surface area contributed by atoms with E-state index in [1.54, 1.807) is 0 Å². The third-order valence-electron chi connectivity index (χ3n) is 4.92. The molecule has 1 aliphatic heterocycles. The number of benzene rings is 2. The van der Waals surface area contributed by atoms with Crippen LogP contribution in [0.3, 0.4) is 0 Å². The van der Waals surface area contributed by atoms with Gasteiger partial charge in [-0.15, -0.1) is 0 Å². The largest absolute Gasteiger partial charge is 0.492 e. The Labute approximate surface area is 159 Å². The van der Waals surface area contributed by atoms with E-state index in [2.05, 4.69) is 82.5 Å². The van der Waals surface area contributed by atoms with Crippen LogP contribution in [0.5, 0.6) is 5.75 Å². The van der Waals surface area contributed by atoms with Gasteiger partial charge in [-0.3, -0.25) is 0 Å². The summed E-state index contributed by atoms with van der Waals surface area (Å²) in [7, 11) is 0. The topological polar surface area (TPSA) is 24.5 Å². The van der Waals surface area contributed by atoms with Crippen molar-refractivity contribution < 1.29 is 4.74 Å². The Morgan fingerprint density at radius 3 is 2.76 bits per heavy atom. The molecule has 25 heavy (non-hydrogen) atoms. The van der Waals surface area contributed by atoms with E-state index in [4.69, 9.17) is 4.74 Å². The van der Waals surface area contributed by atoms with Crippen molar-refractivity contribution in [3.63, 3.8) is 0 Å². The van der Waals surface area contributed by atoms with Crippen LogP contribution in [0.2, 0.25) is 0 Å². The van der Waals surface area contributed by atoms with Crippen LogP contribution in [0.1, 0.15) is 36.6 Å². The van der Waals surface area contributed by atoms with E-state index in [-0.39, 0.29) is 6.04 Å². The number of rotatable bonds is 7. The maximum atomic E-state index is 6.00. The summed E-state index contributed by atoms with van der Waals surface area (Å²) in [5.74, 6) is 0.987. The highest BCUT2D eigenvalue weighted by Gasteiger charge is 2.21. The molecular weight excluding hydrogens is 376 g/mol. The predicted octanol–water partition coefficient (Wildman–Crippen LogP) is 4.40. The molecule has 0 amide bonds. The molecule has 1 atom stereocenters. The first-order valence-electron chi connectivity index (χ1n) is 9.18. The number of halogens is 1. The van der Waals surface area contributed by atoms with Crippen LogP contribution in [0.4, 0.5) is 0 Å². The first kappa shape index (κ1) is 18.4. The summed E-state index contributed by atoms with van der Waals surface area (Å²) in [5, 5.41) is 3.64. The minimum absolute atomic E-state index is 0.256. The number of hydrogen-bond donors (Lipinski definition) is 1. The normalized spacial score (nSPS) is 16.7. The van der Waals surface area contributed by atoms with E-state index >= 15 is 0 Å². The lowest BCUT2D eigenvalue weighted by molar-refractivity contribution is 0.222. The van der Waals surface area contributed by atoms with Gasteiger partial charge in [0, 0.05) is 17.6 Å². The molecule has 1 heterocycles. The van der Waals surface area contributed by atoms with Gasteiger partial charge in [0.1, 0.15) is 12.4 Å². The minimum atomic E-state index is 0.256. The van der Waals surface area contributed by atoms with Gasteiger partial charge in [0.05, 0.1) is 6.04 Å². The molecule has 0 spiro atoms. The highest BCUT2D eigenvalue weighted by Crippen LogP contribution is 2.32. The highest BCUT2D eigenvalue weighted by molar-refractivity contribution is 9.10. The number of fused-ring (bicyclic) bond motifs is 1. The molecule has 3 nitrogen and oxygen atoms in total. The highest BCUT2D eigenvalue weighted by atomic mass is 79.9. The van der Waals surface area contributed by atoms with E-state index in [0.717, 1.165) is 49.4 Å². The van der Waals surface area contributed by atoms with Gasteiger partial charge in [-0.2, -0.15) is 0 Å². The van der Waals surface area contributed by atoms with Crippen molar-refractivity contribution in [3.05, 3.63) is 63.6 Å². The van der Waals surface area contributed by atoms with Crippen molar-refractivity contribution in [2.24, 2.45) is 0 Å². The average Bonchev–Trinajstić information content (AvgIpc) is 2.64. The number of ether oxygens (including phenoxy) is 1. The smallest absolute Gasteiger partial charge is 0.119 e. The molecule has 0 radical (unpaired) electrons. The summed E-state index contributed by atoms with van der Waals surface area (Å²) in [6.45, 7) is 9.25. The van der Waals surface area contributed by atoms with Crippen LogP contribution < -0.4 is 10.1 Å². The third-order valence-corrected chi connectivity index (χ3v) is 5.41. The molecule has 0 aromatic heterocycles. The minimum Gasteiger partial charge on any atom is -0.492 e. The summed E-state index contributed by atoms with van der Waals surface area (Å²) < 4.78 is 7.12. The Morgan fingerprint density at radius 1 is 1.16 bits per heavy atom. The maximum Gasteiger partial charge on any atom is 0.119 e. The average molecular weight is 403 g/mol. The molecule has 0 aliphatic carbocycles. The van der Waals surface area contributed by atoms with Gasteiger partial charge in [0.2, 0.25) is 0 Å². The first-order valence-corrected chi connectivity index (χ1v) is 9.97. The second kappa shape index (κ2) is 8.84. The molecule has 1 N–H and O–H groups in total. The van der Waals surface area contributed by atoms with Crippen molar-refractivity contribution in [2.45, 2.75) is 26.3 Å². The molecule has 2 aromatic carbocycles. The van der Waals surface area contributed by atoms with Crippen LogP contribution in [0.25, 0.3) is 0 Å². The monoisotopic (exact) mass is 402 g/mol. The standard InChI is InChI=1S/C21H27BrN2O/c1-3-24(4-2)12-13-25-19-8-9-20-16(15-19)10-11-23-21(20)17-6-5-7-18(22)14-17/h5-9,14-15,21,23H,3-4,10-13H2,1-2H3. The van der Waals surface area contributed by atoms with Crippen molar-refractivity contribution in [3.8, 4) is 5.75 Å². The van der Waals surface area contributed by atoms with Crippen LogP contribution in [-0.2, 0) is 6.42 Å². The number of hydrogen-bond acceptors (Lipinski definition) is 3. The van der Waals surface area contributed by atoms with Gasteiger partial charge in [-0.25, -0.2) is 0 Å². The van der Waals surface area contributed by atoms with Gasteiger partial charge in [0.25, 0.3) is 0 Å². The quantitative estimate of drug-likeness (QED) is 0.742. The molecule has 0 fully saturated rings. The molecule has 0 saturated carbocycles. The number of nitrogens with one attached hydrogen (secondary N) is 1. The summed E-state index contributed by atoms with van der Waals surface area (Å²) in [6.07, 6.45) is 1.05. The van der Waals surface area contributed by atoms with Gasteiger partial charge < -0.3 is 15.0 Å². The zero-order chi connectivity index (χ0) is 17.6. The van der Waals surface area contributed by atoms with Crippen LogP contribution >= 0.6 is 15.9 Å². The zero-order valence-corrected chi connectivity index (χ0v) is 16.7. The van der Waals surface area contributed by atoms with Gasteiger partial charge in [-0.1, -0.05) is 48.0 Å². The van der Waals surface area contributed by atoms with E-state index in [1.807, 2.05) is 0 Å². The van der Waals surface area contributed by atoms with Crippen LogP contribution in [-0.4, -0.2) is 37.7 Å². The van der Waals surface area contributed by atoms with Crippen molar-refractivity contribution in [2.75, 3.05) is 32.8 Å². The fourth-order valence-corrected chi connectivity index (χ4v) is 3.86. The van der Waals surface area contributed by atoms with Gasteiger partial charge in [-0.05, 0) is 60.5 Å². The summed E-state index contributed by atoms with van der Waals surface area (Å²) in [5.41, 5.74) is 4.05. The van der Waals surface area contributed by atoms with E-state index in [1.165, 1.54) is 16.7 Å². The third kappa shape index (κ3) is 4.63. The van der Waals surface area contributed by atoms with Crippen molar-refractivity contribution in [1.82, 2.24) is 10.2 Å². The van der Waals surface area contributed by atoms with Crippen LogP contribution in [0.15, 0.2) is 46.9 Å². The fraction of sp³-hybridized carbons (Fsp3) is 0.429. The summed E-state index contributed by atoms with van der Waals surface area (Å²) >= 11 is 3.58. The van der Waals surface area contributed by atoms with E-state index < -0.39 is 0 Å². The van der Waals surface area contributed by atoms with Crippen molar-refractivity contribution >= 4 is 15.9 Å². The molecular formula is C21H27BrN2O. The second-order valence-electron chi connectivity index (χ2n) is 6.43. The Kier molecular flexibility index (Phi) is 6.51. The second-order valence-corrected chi connectivity index (χ2v) is 7.34. The number of likely N-dealkylation sites (N-methyl/N-ethyl adjacent to an activating group) is 1. The van der Waals surface area contributed by atoms with Gasteiger partial charge >= 0.3 is 0 Å². The molecule has 4 heteroatoms. The SMILES string of the molecule is CCN(CC)CCOc1ccc2c(c1)CCNC2c1cccc(Br)c1. The lowest BCUT2D eigenvalue weighted by atomic mass is 9.90. The van der Waals surface area contributed by atoms with Crippen LogP contribution in [0, 0.1) is 0 Å². The summed E-state index contributed by atoms with van der Waals surface area (Å²) in [6, 6.07) is 15.4. The predicted molar refractivity (Wildman–Crippen MR) is 107 cm³/mol. The molecule has 0 saturated heterocycles. The van der Waals surface area contributed by atoms with Gasteiger partial charge in [0.15, 0.2) is 0 Å². The molecule has 3 rings (SSSR count). The Hall–Kier alpha value is -1.36. The fourth-order valence-electron chi connectivity index (χ4n) is 3.45. The Bertz CT molecular complexity index is 700. The lowest BCUT2D eigenvalue weighted by Crippen LogP contribution is -2.30. The molecule has 1 aliphatic rings. The van der Waals surface area contributed by atoms with Crippen molar-refractivity contribution in [1.29, 1.82) is 0 Å². The first-order chi connectivity index (χ1) is 12.2. The lowest BCUT2D eigenvalue weighted by Gasteiger charge is -2.28. The summed E-state index contributed by atoms with van der Waals surface area (Å²) in [4.78, 5) is 2.38. The number of nitrogens with zero attached hydrogens (tertiary/aromatic N) is 1. The zero-order valence-electron chi connectivity index (χ0n) is 15.1. The molecule has 134 valence electrons. The Morgan fingerprint density at radius 2 is 2.00 bits per heavy atom. The van der Waals surface area contributed by atoms with E-state index in [9.17, 15) is 0 Å². The Balaban J connectivity index is 1.72.